The third-order valence-corrected chi connectivity index (χ3v) is 5.14. The largest absolute Gasteiger partial charge is 0.457 e. The summed E-state index contributed by atoms with van der Waals surface area (Å²) in [6, 6.07) is 24.4. The third-order valence-electron chi connectivity index (χ3n) is 5.14. The van der Waals surface area contributed by atoms with Gasteiger partial charge >= 0.3 is 5.69 Å². The molecule has 0 saturated carbocycles. The zero-order chi connectivity index (χ0) is 23.8. The van der Waals surface area contributed by atoms with Crippen LogP contribution in [0.25, 0.3) is 0 Å². The summed E-state index contributed by atoms with van der Waals surface area (Å²) in [7, 11) is 0. The second kappa shape index (κ2) is 10.9. The number of anilines is 4. The number of benzene rings is 3. The van der Waals surface area contributed by atoms with Crippen LogP contribution < -0.4 is 15.4 Å². The number of nitrogens with one attached hydrogen (secondary N) is 2. The Morgan fingerprint density at radius 1 is 0.824 bits per heavy atom. The first kappa shape index (κ1) is 22.7. The SMILES string of the molecule is CCCCc1ccc(Nc2ncnc(Nc3ccc(Oc4ccccc4)cc3)c2[N+](=O)[O-])cc1. The van der Waals surface area contributed by atoms with Gasteiger partial charge in [0, 0.05) is 11.4 Å². The Morgan fingerprint density at radius 3 is 1.94 bits per heavy atom. The Bertz CT molecular complexity index is 1230. The van der Waals surface area contributed by atoms with Gasteiger partial charge in [0.2, 0.25) is 11.6 Å². The number of nitro groups is 1. The van der Waals surface area contributed by atoms with E-state index in [-0.39, 0.29) is 17.3 Å². The van der Waals surface area contributed by atoms with Crippen LogP contribution in [0.1, 0.15) is 25.3 Å². The molecule has 0 amide bonds. The van der Waals surface area contributed by atoms with Crippen molar-refractivity contribution in [3.8, 4) is 11.5 Å². The highest BCUT2D eigenvalue weighted by atomic mass is 16.6. The van der Waals surface area contributed by atoms with Gasteiger partial charge in [0.25, 0.3) is 0 Å². The average molecular weight is 456 g/mol. The molecule has 2 N–H and O–H groups in total. The van der Waals surface area contributed by atoms with Gasteiger partial charge in [-0.3, -0.25) is 10.1 Å². The fraction of sp³-hybridized carbons (Fsp3) is 0.154. The van der Waals surface area contributed by atoms with Gasteiger partial charge in [-0.05, 0) is 66.9 Å². The van der Waals surface area contributed by atoms with Crippen LogP contribution in [0.5, 0.6) is 11.5 Å². The fourth-order valence-electron chi connectivity index (χ4n) is 3.37. The van der Waals surface area contributed by atoms with Crippen LogP contribution >= 0.6 is 0 Å². The Hall–Kier alpha value is -4.46. The molecule has 0 unspecified atom stereocenters. The standard InChI is InChI=1S/C26H25N5O3/c1-2-3-7-19-10-12-20(13-11-19)29-25-24(31(32)33)26(28-18-27-25)30-21-14-16-23(17-15-21)34-22-8-5-4-6-9-22/h4-6,8-18H,2-3,7H2,1H3,(H2,27,28,29,30). The molecule has 4 aromatic rings. The number of unbranched alkanes of at least 4 members (excludes halogenated alkanes) is 1. The van der Waals surface area contributed by atoms with E-state index in [0.717, 1.165) is 30.7 Å². The molecule has 4 rings (SSSR count). The molecule has 0 aliphatic heterocycles. The molecule has 1 heterocycles. The number of rotatable bonds is 10. The number of nitrogens with zero attached hydrogens (tertiary/aromatic N) is 3. The predicted molar refractivity (Wildman–Crippen MR) is 133 cm³/mol. The maximum Gasteiger partial charge on any atom is 0.353 e. The summed E-state index contributed by atoms with van der Waals surface area (Å²) in [5.74, 6) is 1.59. The summed E-state index contributed by atoms with van der Waals surface area (Å²) < 4.78 is 5.79. The van der Waals surface area contributed by atoms with E-state index in [1.165, 1.54) is 11.9 Å². The zero-order valence-electron chi connectivity index (χ0n) is 18.8. The van der Waals surface area contributed by atoms with Crippen LogP contribution in [0.4, 0.5) is 28.7 Å². The number of hydrogen-bond acceptors (Lipinski definition) is 7. The normalized spacial score (nSPS) is 10.5. The minimum atomic E-state index is -0.493. The van der Waals surface area contributed by atoms with Crippen molar-refractivity contribution in [2.75, 3.05) is 10.6 Å². The van der Waals surface area contributed by atoms with Crippen LogP contribution in [-0.4, -0.2) is 14.9 Å². The number of aryl methyl sites for hydroxylation is 1. The second-order valence-corrected chi connectivity index (χ2v) is 7.67. The maximum absolute atomic E-state index is 11.9. The van der Waals surface area contributed by atoms with Crippen molar-refractivity contribution in [3.63, 3.8) is 0 Å². The molecule has 8 nitrogen and oxygen atoms in total. The number of para-hydroxylation sites is 1. The highest BCUT2D eigenvalue weighted by Gasteiger charge is 2.23. The lowest BCUT2D eigenvalue weighted by molar-refractivity contribution is -0.383. The zero-order valence-corrected chi connectivity index (χ0v) is 18.8. The van der Waals surface area contributed by atoms with Crippen molar-refractivity contribution < 1.29 is 9.66 Å². The molecule has 8 heteroatoms. The third kappa shape index (κ3) is 5.86. The molecule has 0 spiro atoms. The molecule has 0 atom stereocenters. The van der Waals surface area contributed by atoms with E-state index in [9.17, 15) is 10.1 Å². The van der Waals surface area contributed by atoms with Gasteiger partial charge in [0.05, 0.1) is 4.92 Å². The molecule has 0 fully saturated rings. The topological polar surface area (TPSA) is 102 Å². The first-order valence-electron chi connectivity index (χ1n) is 11.1. The smallest absolute Gasteiger partial charge is 0.353 e. The fourth-order valence-corrected chi connectivity index (χ4v) is 3.37. The summed E-state index contributed by atoms with van der Waals surface area (Å²) in [5, 5.41) is 17.9. The van der Waals surface area contributed by atoms with Gasteiger partial charge in [-0.25, -0.2) is 9.97 Å². The molecule has 1 aromatic heterocycles. The predicted octanol–water partition coefficient (Wildman–Crippen LogP) is 7.01. The molecular formula is C26H25N5O3. The van der Waals surface area contributed by atoms with Crippen molar-refractivity contribution >= 4 is 28.7 Å². The van der Waals surface area contributed by atoms with E-state index in [1.807, 2.05) is 54.6 Å². The van der Waals surface area contributed by atoms with E-state index in [0.29, 0.717) is 11.4 Å². The van der Waals surface area contributed by atoms with Gasteiger partial charge in [-0.15, -0.1) is 0 Å². The minimum Gasteiger partial charge on any atom is -0.457 e. The van der Waals surface area contributed by atoms with Gasteiger partial charge in [0.1, 0.15) is 17.8 Å². The lowest BCUT2D eigenvalue weighted by atomic mass is 10.1. The van der Waals surface area contributed by atoms with Crippen LogP contribution in [0.2, 0.25) is 0 Å². The lowest BCUT2D eigenvalue weighted by Crippen LogP contribution is -2.05. The first-order chi connectivity index (χ1) is 16.6. The van der Waals surface area contributed by atoms with Crippen LogP contribution in [0, 0.1) is 10.1 Å². The van der Waals surface area contributed by atoms with E-state index in [4.69, 9.17) is 4.74 Å². The van der Waals surface area contributed by atoms with Crippen molar-refractivity contribution in [1.29, 1.82) is 0 Å². The van der Waals surface area contributed by atoms with Crippen LogP contribution in [0.15, 0.2) is 85.2 Å². The summed E-state index contributed by atoms with van der Waals surface area (Å²) >= 11 is 0. The Kier molecular flexibility index (Phi) is 7.29. The highest BCUT2D eigenvalue weighted by molar-refractivity contribution is 5.76. The molecule has 172 valence electrons. The van der Waals surface area contributed by atoms with Crippen molar-refractivity contribution in [1.82, 2.24) is 9.97 Å². The van der Waals surface area contributed by atoms with E-state index < -0.39 is 4.92 Å². The number of aromatic nitrogens is 2. The van der Waals surface area contributed by atoms with Crippen LogP contribution in [0.3, 0.4) is 0 Å². The summed E-state index contributed by atoms with van der Waals surface area (Å²) in [5.41, 5.74) is 2.35. The van der Waals surface area contributed by atoms with E-state index in [1.54, 1.807) is 24.3 Å². The monoisotopic (exact) mass is 455 g/mol. The Balaban J connectivity index is 1.50. The van der Waals surface area contributed by atoms with Gasteiger partial charge in [0.15, 0.2) is 0 Å². The maximum atomic E-state index is 11.9. The summed E-state index contributed by atoms with van der Waals surface area (Å²) in [6.45, 7) is 2.16. The molecular weight excluding hydrogens is 430 g/mol. The van der Waals surface area contributed by atoms with Gasteiger partial charge < -0.3 is 15.4 Å². The Morgan fingerprint density at radius 2 is 1.38 bits per heavy atom. The van der Waals surface area contributed by atoms with Crippen molar-refractivity contribution in [2.24, 2.45) is 0 Å². The summed E-state index contributed by atoms with van der Waals surface area (Å²) in [6.07, 6.45) is 4.55. The summed E-state index contributed by atoms with van der Waals surface area (Å²) in [4.78, 5) is 19.6. The molecule has 0 saturated heterocycles. The highest BCUT2D eigenvalue weighted by Crippen LogP contribution is 2.33. The van der Waals surface area contributed by atoms with E-state index in [2.05, 4.69) is 27.5 Å². The van der Waals surface area contributed by atoms with Gasteiger partial charge in [-0.2, -0.15) is 0 Å². The molecule has 0 aliphatic carbocycles. The van der Waals surface area contributed by atoms with Crippen molar-refractivity contribution in [2.45, 2.75) is 26.2 Å². The minimum absolute atomic E-state index is 0.0961. The number of ether oxygens (including phenoxy) is 1. The molecule has 0 radical (unpaired) electrons. The van der Waals surface area contributed by atoms with Gasteiger partial charge in [-0.1, -0.05) is 43.7 Å². The van der Waals surface area contributed by atoms with E-state index >= 15 is 0 Å². The lowest BCUT2D eigenvalue weighted by Gasteiger charge is -2.11. The number of hydrogen-bond donors (Lipinski definition) is 2. The Labute approximate surface area is 197 Å². The average Bonchev–Trinajstić information content (AvgIpc) is 2.85. The molecule has 3 aromatic carbocycles. The second-order valence-electron chi connectivity index (χ2n) is 7.67. The van der Waals surface area contributed by atoms with Crippen LogP contribution in [-0.2, 0) is 6.42 Å². The first-order valence-corrected chi connectivity index (χ1v) is 11.1. The van der Waals surface area contributed by atoms with Crippen molar-refractivity contribution in [3.05, 3.63) is 101 Å². The molecule has 0 bridgehead atoms. The quantitative estimate of drug-likeness (QED) is 0.196. The molecule has 34 heavy (non-hydrogen) atoms. The molecule has 0 aliphatic rings.